The number of carbonyl (C=O) groups excluding carboxylic acids is 1. The maximum Gasteiger partial charge on any atom is 0.166 e. The van der Waals surface area contributed by atoms with Crippen molar-refractivity contribution in [3.05, 3.63) is 30.1 Å². The Balaban J connectivity index is 2.82. The van der Waals surface area contributed by atoms with Crippen LogP contribution in [0.4, 0.5) is 0 Å². The van der Waals surface area contributed by atoms with Crippen LogP contribution in [0.25, 0.3) is 0 Å². The minimum Gasteiger partial charge on any atom is -0.294 e. The molecule has 0 fully saturated rings. The maximum absolute atomic E-state index is 11.7. The van der Waals surface area contributed by atoms with E-state index in [-0.39, 0.29) is 5.78 Å². The number of ketones is 1. The summed E-state index contributed by atoms with van der Waals surface area (Å²) in [7, 11) is 1.84. The number of nitrogens with zero attached hydrogens (tertiary/aromatic N) is 2. The van der Waals surface area contributed by atoms with Gasteiger partial charge in [0.25, 0.3) is 0 Å². The fourth-order valence-electron chi connectivity index (χ4n) is 1.40. The molecule has 0 spiro atoms. The zero-order chi connectivity index (χ0) is 10.6. The number of Topliss-reactive ketones (excluding diaryl/α,β-unsaturated/α-hetero) is 1. The van der Waals surface area contributed by atoms with Gasteiger partial charge in [-0.1, -0.05) is 13.0 Å². The highest BCUT2D eigenvalue weighted by Crippen LogP contribution is 2.11. The number of allylic oxidation sites excluding steroid dienone is 1. The standard InChI is InChI=1S/C11H16N2O/c1-4-6-7-11(14)9-8-13(3)12-10(9)5-2/h4,8H,1,5-7H2,2-3H3. The first-order valence-corrected chi connectivity index (χ1v) is 4.85. The quantitative estimate of drug-likeness (QED) is 0.529. The Morgan fingerprint density at radius 3 is 3.00 bits per heavy atom. The van der Waals surface area contributed by atoms with Crippen molar-refractivity contribution in [2.24, 2.45) is 7.05 Å². The lowest BCUT2D eigenvalue weighted by molar-refractivity contribution is 0.0983. The van der Waals surface area contributed by atoms with Gasteiger partial charge in [-0.3, -0.25) is 9.48 Å². The minimum atomic E-state index is 0.162. The van der Waals surface area contributed by atoms with Crippen LogP contribution in [0.1, 0.15) is 35.8 Å². The molecule has 0 bridgehead atoms. The number of hydrogen-bond donors (Lipinski definition) is 0. The zero-order valence-electron chi connectivity index (χ0n) is 8.79. The summed E-state index contributed by atoms with van der Waals surface area (Å²) in [5.74, 6) is 0.162. The molecule has 0 radical (unpaired) electrons. The third-order valence-corrected chi connectivity index (χ3v) is 2.12. The van der Waals surface area contributed by atoms with E-state index in [4.69, 9.17) is 0 Å². The first-order chi connectivity index (χ1) is 6.69. The molecule has 0 aliphatic rings. The molecule has 0 aliphatic heterocycles. The summed E-state index contributed by atoms with van der Waals surface area (Å²) in [4.78, 5) is 11.7. The molecular formula is C11H16N2O. The first-order valence-electron chi connectivity index (χ1n) is 4.85. The molecule has 1 rings (SSSR count). The fraction of sp³-hybridized carbons (Fsp3) is 0.455. The van der Waals surface area contributed by atoms with Gasteiger partial charge < -0.3 is 0 Å². The van der Waals surface area contributed by atoms with E-state index in [0.717, 1.165) is 24.1 Å². The predicted molar refractivity (Wildman–Crippen MR) is 56.3 cm³/mol. The number of aryl methyl sites for hydroxylation is 2. The second-order valence-electron chi connectivity index (χ2n) is 3.27. The van der Waals surface area contributed by atoms with Crippen LogP contribution in [0, 0.1) is 0 Å². The molecule has 0 aliphatic carbocycles. The molecule has 0 saturated heterocycles. The Bertz CT molecular complexity index is 339. The van der Waals surface area contributed by atoms with Gasteiger partial charge >= 0.3 is 0 Å². The molecule has 3 nitrogen and oxygen atoms in total. The summed E-state index contributed by atoms with van der Waals surface area (Å²) in [5, 5.41) is 4.23. The Hall–Kier alpha value is -1.38. The molecule has 0 saturated carbocycles. The maximum atomic E-state index is 11.7. The lowest BCUT2D eigenvalue weighted by atomic mass is 10.1. The SMILES string of the molecule is C=CCCC(=O)c1cn(C)nc1CC. The molecule has 0 unspecified atom stereocenters. The van der Waals surface area contributed by atoms with E-state index < -0.39 is 0 Å². The van der Waals surface area contributed by atoms with Crippen molar-refractivity contribution in [3.63, 3.8) is 0 Å². The van der Waals surface area contributed by atoms with Crippen molar-refractivity contribution >= 4 is 5.78 Å². The smallest absolute Gasteiger partial charge is 0.166 e. The second kappa shape index (κ2) is 4.74. The average molecular weight is 192 g/mol. The van der Waals surface area contributed by atoms with Gasteiger partial charge in [0, 0.05) is 19.7 Å². The molecule has 3 heteroatoms. The van der Waals surface area contributed by atoms with Gasteiger partial charge in [-0.25, -0.2) is 0 Å². The van der Waals surface area contributed by atoms with Gasteiger partial charge in [-0.2, -0.15) is 5.10 Å². The van der Waals surface area contributed by atoms with Crippen LogP contribution in [0.3, 0.4) is 0 Å². The van der Waals surface area contributed by atoms with E-state index in [1.54, 1.807) is 17.0 Å². The lowest BCUT2D eigenvalue weighted by Gasteiger charge is -1.96. The van der Waals surface area contributed by atoms with Crippen LogP contribution >= 0.6 is 0 Å². The van der Waals surface area contributed by atoms with Crippen molar-refractivity contribution in [1.29, 1.82) is 0 Å². The number of carbonyl (C=O) groups is 1. The molecule has 14 heavy (non-hydrogen) atoms. The van der Waals surface area contributed by atoms with Crippen LogP contribution in [-0.2, 0) is 13.5 Å². The highest BCUT2D eigenvalue weighted by Gasteiger charge is 2.12. The summed E-state index contributed by atoms with van der Waals surface area (Å²) < 4.78 is 1.69. The summed E-state index contributed by atoms with van der Waals surface area (Å²) in [6, 6.07) is 0. The summed E-state index contributed by atoms with van der Waals surface area (Å²) in [6.07, 6.45) is 5.62. The predicted octanol–water partition coefficient (Wildman–Crippen LogP) is 2.13. The number of aromatic nitrogens is 2. The van der Waals surface area contributed by atoms with E-state index in [9.17, 15) is 4.79 Å². The van der Waals surface area contributed by atoms with Gasteiger partial charge in [0.1, 0.15) is 0 Å². The molecular weight excluding hydrogens is 176 g/mol. The highest BCUT2D eigenvalue weighted by molar-refractivity contribution is 5.96. The van der Waals surface area contributed by atoms with Crippen molar-refractivity contribution in [3.8, 4) is 0 Å². The van der Waals surface area contributed by atoms with Gasteiger partial charge in [0.05, 0.1) is 11.3 Å². The monoisotopic (exact) mass is 192 g/mol. The first kappa shape index (κ1) is 10.7. The van der Waals surface area contributed by atoms with E-state index >= 15 is 0 Å². The second-order valence-corrected chi connectivity index (χ2v) is 3.27. The summed E-state index contributed by atoms with van der Waals surface area (Å²) in [5.41, 5.74) is 1.65. The van der Waals surface area contributed by atoms with Crippen molar-refractivity contribution in [2.75, 3.05) is 0 Å². The number of rotatable bonds is 5. The Kier molecular flexibility index (Phi) is 3.63. The lowest BCUT2D eigenvalue weighted by Crippen LogP contribution is -2.00. The Morgan fingerprint density at radius 1 is 1.71 bits per heavy atom. The molecule has 1 aromatic heterocycles. The minimum absolute atomic E-state index is 0.162. The third-order valence-electron chi connectivity index (χ3n) is 2.12. The Morgan fingerprint density at radius 2 is 2.43 bits per heavy atom. The van der Waals surface area contributed by atoms with Crippen molar-refractivity contribution in [1.82, 2.24) is 9.78 Å². The summed E-state index contributed by atoms with van der Waals surface area (Å²) in [6.45, 7) is 5.61. The van der Waals surface area contributed by atoms with Crippen molar-refractivity contribution < 1.29 is 4.79 Å². The van der Waals surface area contributed by atoms with Crippen LogP contribution in [0.5, 0.6) is 0 Å². The van der Waals surface area contributed by atoms with Gasteiger partial charge in [0.2, 0.25) is 0 Å². The summed E-state index contributed by atoms with van der Waals surface area (Å²) >= 11 is 0. The molecule has 0 N–H and O–H groups in total. The van der Waals surface area contributed by atoms with Crippen LogP contribution < -0.4 is 0 Å². The zero-order valence-corrected chi connectivity index (χ0v) is 8.79. The molecule has 1 aromatic rings. The molecule has 0 aromatic carbocycles. The van der Waals surface area contributed by atoms with Gasteiger partial charge in [0.15, 0.2) is 5.78 Å². The van der Waals surface area contributed by atoms with Crippen molar-refractivity contribution in [2.45, 2.75) is 26.2 Å². The largest absolute Gasteiger partial charge is 0.294 e. The van der Waals surface area contributed by atoms with Gasteiger partial charge in [-0.15, -0.1) is 6.58 Å². The number of hydrogen-bond acceptors (Lipinski definition) is 2. The van der Waals surface area contributed by atoms with Crippen LogP contribution in [0.15, 0.2) is 18.9 Å². The molecule has 76 valence electrons. The fourth-order valence-corrected chi connectivity index (χ4v) is 1.40. The van der Waals surface area contributed by atoms with E-state index in [1.165, 1.54) is 0 Å². The van der Waals surface area contributed by atoms with E-state index in [1.807, 2.05) is 14.0 Å². The Labute approximate surface area is 84.4 Å². The molecule has 0 atom stereocenters. The topological polar surface area (TPSA) is 34.9 Å². The molecule has 1 heterocycles. The van der Waals surface area contributed by atoms with Gasteiger partial charge in [-0.05, 0) is 12.8 Å². The van der Waals surface area contributed by atoms with Crippen LogP contribution in [-0.4, -0.2) is 15.6 Å². The molecule has 0 amide bonds. The van der Waals surface area contributed by atoms with Crippen LogP contribution in [0.2, 0.25) is 0 Å². The third kappa shape index (κ3) is 2.31. The normalized spacial score (nSPS) is 10.1. The average Bonchev–Trinajstić information content (AvgIpc) is 2.56. The highest BCUT2D eigenvalue weighted by atomic mass is 16.1. The van der Waals surface area contributed by atoms with E-state index in [0.29, 0.717) is 6.42 Å². The van der Waals surface area contributed by atoms with E-state index in [2.05, 4.69) is 11.7 Å².